The fourth-order valence-corrected chi connectivity index (χ4v) is 3.91. The standard InChI is InChI=1S/C25H25FN2O6/c1-14-12-28(25(32)27-23(14)30)22-11-20(29)21(34-22)13-33-24(31)15(2)17-8-9-18(19(26)10-17)16-6-4-3-5-7-16/h3-10,12,15,20-22,29H,11,13H2,1-2H3,(H,27,30,32)/t15?,20-,21+,22+/m0/s1. The lowest BCUT2D eigenvalue weighted by atomic mass is 9.97. The summed E-state index contributed by atoms with van der Waals surface area (Å²) in [5, 5.41) is 10.3. The lowest BCUT2D eigenvalue weighted by molar-refractivity contribution is -0.151. The number of hydrogen-bond acceptors (Lipinski definition) is 6. The van der Waals surface area contributed by atoms with Gasteiger partial charge in [0.15, 0.2) is 0 Å². The van der Waals surface area contributed by atoms with Gasteiger partial charge in [0.25, 0.3) is 5.56 Å². The minimum absolute atomic E-state index is 0.0926. The van der Waals surface area contributed by atoms with E-state index in [2.05, 4.69) is 4.98 Å². The van der Waals surface area contributed by atoms with Gasteiger partial charge in [0, 0.05) is 23.7 Å². The molecule has 0 spiro atoms. The molecule has 178 valence electrons. The van der Waals surface area contributed by atoms with Crippen LogP contribution in [-0.4, -0.2) is 39.4 Å². The van der Waals surface area contributed by atoms with Gasteiger partial charge < -0.3 is 14.6 Å². The molecular weight excluding hydrogens is 443 g/mol. The van der Waals surface area contributed by atoms with Crippen molar-refractivity contribution in [3.63, 3.8) is 0 Å². The van der Waals surface area contributed by atoms with Gasteiger partial charge in [0.2, 0.25) is 0 Å². The minimum Gasteiger partial charge on any atom is -0.462 e. The second kappa shape index (κ2) is 9.74. The molecule has 1 saturated heterocycles. The largest absolute Gasteiger partial charge is 0.462 e. The van der Waals surface area contributed by atoms with E-state index in [1.54, 1.807) is 38.1 Å². The third-order valence-electron chi connectivity index (χ3n) is 5.98. The van der Waals surface area contributed by atoms with Crippen LogP contribution in [0.2, 0.25) is 0 Å². The molecule has 1 aliphatic heterocycles. The summed E-state index contributed by atoms with van der Waals surface area (Å²) in [4.78, 5) is 38.4. The zero-order chi connectivity index (χ0) is 24.4. The van der Waals surface area contributed by atoms with Crippen molar-refractivity contribution in [2.75, 3.05) is 6.61 Å². The molecule has 2 aromatic carbocycles. The van der Waals surface area contributed by atoms with Gasteiger partial charge in [0.1, 0.15) is 24.8 Å². The van der Waals surface area contributed by atoms with Crippen molar-refractivity contribution in [3.05, 3.63) is 92.5 Å². The highest BCUT2D eigenvalue weighted by atomic mass is 19.1. The highest BCUT2D eigenvalue weighted by Gasteiger charge is 2.36. The average molecular weight is 468 g/mol. The summed E-state index contributed by atoms with van der Waals surface area (Å²) in [7, 11) is 0. The van der Waals surface area contributed by atoms with Crippen LogP contribution >= 0.6 is 0 Å². The van der Waals surface area contributed by atoms with Gasteiger partial charge >= 0.3 is 11.7 Å². The molecule has 1 fully saturated rings. The van der Waals surface area contributed by atoms with Gasteiger partial charge in [-0.15, -0.1) is 0 Å². The summed E-state index contributed by atoms with van der Waals surface area (Å²) in [5.74, 6) is -1.77. The van der Waals surface area contributed by atoms with Gasteiger partial charge in [-0.1, -0.05) is 42.5 Å². The van der Waals surface area contributed by atoms with Crippen molar-refractivity contribution in [2.24, 2.45) is 0 Å². The molecule has 9 heteroatoms. The number of rotatable bonds is 6. The van der Waals surface area contributed by atoms with E-state index in [0.717, 1.165) is 5.56 Å². The third kappa shape index (κ3) is 4.85. The quantitative estimate of drug-likeness (QED) is 0.538. The fourth-order valence-electron chi connectivity index (χ4n) is 3.91. The van der Waals surface area contributed by atoms with Crippen molar-refractivity contribution in [1.82, 2.24) is 9.55 Å². The van der Waals surface area contributed by atoms with E-state index in [4.69, 9.17) is 9.47 Å². The molecule has 0 aliphatic carbocycles. The van der Waals surface area contributed by atoms with Crippen LogP contribution in [0.25, 0.3) is 11.1 Å². The van der Waals surface area contributed by atoms with Crippen LogP contribution < -0.4 is 11.2 Å². The molecule has 3 aromatic rings. The first kappa shape index (κ1) is 23.6. The second-order valence-electron chi connectivity index (χ2n) is 8.37. The number of carbonyl (C=O) groups is 1. The molecule has 2 heterocycles. The third-order valence-corrected chi connectivity index (χ3v) is 5.98. The number of ether oxygens (including phenoxy) is 2. The summed E-state index contributed by atoms with van der Waals surface area (Å²) in [5.41, 5.74) is 0.814. The van der Waals surface area contributed by atoms with E-state index in [1.807, 2.05) is 18.2 Å². The number of aliphatic hydroxyl groups excluding tert-OH is 1. The van der Waals surface area contributed by atoms with Crippen molar-refractivity contribution < 1.29 is 23.8 Å². The van der Waals surface area contributed by atoms with Crippen LogP contribution in [0.3, 0.4) is 0 Å². The zero-order valence-corrected chi connectivity index (χ0v) is 18.7. The van der Waals surface area contributed by atoms with Gasteiger partial charge in [-0.2, -0.15) is 0 Å². The highest BCUT2D eigenvalue weighted by Crippen LogP contribution is 2.29. The SMILES string of the molecule is Cc1cn([C@H]2C[C@H](O)[C@@H](COC(=O)C(C)c3ccc(-c4ccccc4)c(F)c3)O2)c(=O)[nH]c1=O. The fraction of sp³-hybridized carbons (Fsp3) is 0.320. The number of benzene rings is 2. The maximum Gasteiger partial charge on any atom is 0.330 e. The normalized spacial score (nSPS) is 20.8. The molecule has 0 amide bonds. The molecule has 4 atom stereocenters. The van der Waals surface area contributed by atoms with Gasteiger partial charge in [-0.05, 0) is 31.0 Å². The number of nitrogens with zero attached hydrogens (tertiary/aromatic N) is 1. The van der Waals surface area contributed by atoms with Crippen molar-refractivity contribution in [3.8, 4) is 11.1 Å². The number of nitrogens with one attached hydrogen (secondary N) is 1. The number of halogens is 1. The number of esters is 1. The van der Waals surface area contributed by atoms with Crippen LogP contribution in [0.4, 0.5) is 4.39 Å². The molecule has 2 N–H and O–H groups in total. The highest BCUT2D eigenvalue weighted by molar-refractivity contribution is 5.78. The molecule has 8 nitrogen and oxygen atoms in total. The van der Waals surface area contributed by atoms with E-state index in [0.29, 0.717) is 16.7 Å². The topological polar surface area (TPSA) is 111 Å². The predicted octanol–water partition coefficient (Wildman–Crippen LogP) is 2.65. The number of H-pyrrole nitrogens is 1. The number of aromatic amines is 1. The summed E-state index contributed by atoms with van der Waals surface area (Å²) in [6.45, 7) is 2.93. The van der Waals surface area contributed by atoms with Gasteiger partial charge in [-0.25, -0.2) is 9.18 Å². The summed E-state index contributed by atoms with van der Waals surface area (Å²) >= 11 is 0. The Morgan fingerprint density at radius 3 is 2.71 bits per heavy atom. The molecule has 0 radical (unpaired) electrons. The van der Waals surface area contributed by atoms with Crippen LogP contribution in [-0.2, 0) is 14.3 Å². The first-order chi connectivity index (χ1) is 16.2. The first-order valence-electron chi connectivity index (χ1n) is 10.9. The van der Waals surface area contributed by atoms with Crippen LogP contribution in [0.5, 0.6) is 0 Å². The lowest BCUT2D eigenvalue weighted by Crippen LogP contribution is -2.33. The second-order valence-corrected chi connectivity index (χ2v) is 8.37. The molecule has 34 heavy (non-hydrogen) atoms. The van der Waals surface area contributed by atoms with Crippen molar-refractivity contribution in [1.29, 1.82) is 0 Å². The molecule has 0 bridgehead atoms. The molecular formula is C25H25FN2O6. The maximum absolute atomic E-state index is 14.7. The van der Waals surface area contributed by atoms with Gasteiger partial charge in [0.05, 0.1) is 12.0 Å². The summed E-state index contributed by atoms with van der Waals surface area (Å²) in [6.07, 6.45) is -1.18. The number of aromatic nitrogens is 2. The van der Waals surface area contributed by atoms with Crippen molar-refractivity contribution >= 4 is 5.97 Å². The molecule has 1 aromatic heterocycles. The van der Waals surface area contributed by atoms with E-state index < -0.39 is 47.4 Å². The average Bonchev–Trinajstić information content (AvgIpc) is 3.19. The van der Waals surface area contributed by atoms with Crippen LogP contribution in [0.1, 0.15) is 36.6 Å². The number of aryl methyl sites for hydroxylation is 1. The van der Waals surface area contributed by atoms with E-state index >= 15 is 0 Å². The number of aliphatic hydroxyl groups is 1. The molecule has 0 saturated carbocycles. The van der Waals surface area contributed by atoms with Crippen LogP contribution in [0.15, 0.2) is 64.3 Å². The maximum atomic E-state index is 14.7. The predicted molar refractivity (Wildman–Crippen MR) is 122 cm³/mol. The van der Waals surface area contributed by atoms with Crippen molar-refractivity contribution in [2.45, 2.75) is 44.6 Å². The number of carbonyl (C=O) groups excluding carboxylic acids is 1. The Morgan fingerprint density at radius 1 is 1.26 bits per heavy atom. The molecule has 1 unspecified atom stereocenters. The Hall–Kier alpha value is -3.56. The van der Waals surface area contributed by atoms with E-state index in [1.165, 1.54) is 16.8 Å². The van der Waals surface area contributed by atoms with E-state index in [9.17, 15) is 23.9 Å². The smallest absolute Gasteiger partial charge is 0.330 e. The summed E-state index contributed by atoms with van der Waals surface area (Å²) < 4.78 is 26.9. The zero-order valence-electron chi connectivity index (χ0n) is 18.7. The number of hydrogen-bond donors (Lipinski definition) is 2. The Morgan fingerprint density at radius 2 is 2.00 bits per heavy atom. The lowest BCUT2D eigenvalue weighted by Gasteiger charge is -2.18. The Labute approximate surface area is 194 Å². The Kier molecular flexibility index (Phi) is 6.76. The molecule has 4 rings (SSSR count). The monoisotopic (exact) mass is 468 g/mol. The van der Waals surface area contributed by atoms with E-state index in [-0.39, 0.29) is 13.0 Å². The van der Waals surface area contributed by atoms with Crippen LogP contribution in [0, 0.1) is 12.7 Å². The minimum atomic E-state index is -0.977. The first-order valence-corrected chi connectivity index (χ1v) is 10.9. The molecule has 1 aliphatic rings. The van der Waals surface area contributed by atoms with Gasteiger partial charge in [-0.3, -0.25) is 19.1 Å². The Balaban J connectivity index is 1.39. The summed E-state index contributed by atoms with van der Waals surface area (Å²) in [6, 6.07) is 13.7. The Bertz CT molecular complexity index is 1300.